The number of hydrogen-bond acceptors (Lipinski definition) is 4. The molecule has 2 aromatic rings. The summed E-state index contributed by atoms with van der Waals surface area (Å²) in [7, 11) is -3.53. The number of aryl methyl sites for hydroxylation is 2. The largest absolute Gasteiger partial charge is 0.324 e. The molecule has 1 fully saturated rings. The van der Waals surface area contributed by atoms with Crippen LogP contribution in [-0.4, -0.2) is 41.5 Å². The number of rotatable bonds is 5. The van der Waals surface area contributed by atoms with Crippen molar-refractivity contribution in [2.45, 2.75) is 51.0 Å². The van der Waals surface area contributed by atoms with E-state index in [1.807, 2.05) is 19.9 Å². The van der Waals surface area contributed by atoms with E-state index in [4.69, 9.17) is 0 Å². The average molecular weight is 391 g/mol. The Labute approximate surface area is 160 Å². The van der Waals surface area contributed by atoms with Gasteiger partial charge < -0.3 is 5.32 Å². The van der Waals surface area contributed by atoms with E-state index in [2.05, 4.69) is 10.4 Å². The van der Waals surface area contributed by atoms with Crippen LogP contribution in [0.4, 0.5) is 5.69 Å². The van der Waals surface area contributed by atoms with Crippen LogP contribution >= 0.6 is 0 Å². The lowest BCUT2D eigenvalue weighted by Gasteiger charge is -2.26. The Bertz CT molecular complexity index is 930. The maximum absolute atomic E-state index is 12.8. The summed E-state index contributed by atoms with van der Waals surface area (Å²) in [5.74, 6) is -0.242. The lowest BCUT2D eigenvalue weighted by Crippen LogP contribution is -2.35. The maximum Gasteiger partial charge on any atom is 0.248 e. The van der Waals surface area contributed by atoms with Crippen LogP contribution in [0.1, 0.15) is 43.6 Å². The summed E-state index contributed by atoms with van der Waals surface area (Å²) >= 11 is 0. The van der Waals surface area contributed by atoms with Crippen LogP contribution in [0.5, 0.6) is 0 Å². The van der Waals surface area contributed by atoms with Gasteiger partial charge in [0, 0.05) is 24.5 Å². The Morgan fingerprint density at radius 1 is 1.15 bits per heavy atom. The van der Waals surface area contributed by atoms with Crippen molar-refractivity contribution in [1.29, 1.82) is 0 Å². The third-order valence-electron chi connectivity index (χ3n) is 4.85. The molecule has 1 aromatic carbocycles. The smallest absolute Gasteiger partial charge is 0.248 e. The molecule has 146 valence electrons. The van der Waals surface area contributed by atoms with Gasteiger partial charge >= 0.3 is 0 Å². The van der Waals surface area contributed by atoms with Gasteiger partial charge in [0.1, 0.15) is 6.04 Å². The lowest BCUT2D eigenvalue weighted by atomic mass is 10.2. The minimum atomic E-state index is -3.53. The quantitative estimate of drug-likeness (QED) is 0.851. The molecule has 1 aliphatic rings. The number of amides is 1. The Morgan fingerprint density at radius 2 is 1.85 bits per heavy atom. The van der Waals surface area contributed by atoms with E-state index in [0.717, 1.165) is 30.7 Å². The fraction of sp³-hybridized carbons (Fsp3) is 0.474. The number of nitrogens with zero attached hydrogens (tertiary/aromatic N) is 3. The van der Waals surface area contributed by atoms with E-state index in [0.29, 0.717) is 18.8 Å². The number of anilines is 1. The molecule has 0 radical (unpaired) electrons. The van der Waals surface area contributed by atoms with Crippen LogP contribution in [0, 0.1) is 13.8 Å². The van der Waals surface area contributed by atoms with Gasteiger partial charge in [-0.25, -0.2) is 8.42 Å². The molecule has 7 nitrogen and oxygen atoms in total. The first-order chi connectivity index (χ1) is 12.8. The van der Waals surface area contributed by atoms with E-state index < -0.39 is 16.1 Å². The van der Waals surface area contributed by atoms with E-state index in [-0.39, 0.29) is 10.8 Å². The van der Waals surface area contributed by atoms with Crippen LogP contribution in [0.2, 0.25) is 0 Å². The SMILES string of the molecule is Cc1cc(C)n([C@@H](C)C(=O)Nc2cccc(S(=O)(=O)N3CCCCC3)c2)n1. The number of hydrogen-bond donors (Lipinski definition) is 1. The maximum atomic E-state index is 12.8. The second-order valence-electron chi connectivity index (χ2n) is 7.03. The van der Waals surface area contributed by atoms with Crippen molar-refractivity contribution < 1.29 is 13.2 Å². The van der Waals surface area contributed by atoms with Crippen molar-refractivity contribution in [3.63, 3.8) is 0 Å². The first-order valence-electron chi connectivity index (χ1n) is 9.23. The highest BCUT2D eigenvalue weighted by atomic mass is 32.2. The zero-order valence-electron chi connectivity index (χ0n) is 16.0. The number of nitrogens with one attached hydrogen (secondary N) is 1. The monoisotopic (exact) mass is 390 g/mol. The zero-order chi connectivity index (χ0) is 19.6. The van der Waals surface area contributed by atoms with Gasteiger partial charge in [0.15, 0.2) is 0 Å². The second kappa shape index (κ2) is 7.82. The summed E-state index contributed by atoms with van der Waals surface area (Å²) in [5.41, 5.74) is 2.21. The Kier molecular flexibility index (Phi) is 5.67. The van der Waals surface area contributed by atoms with Crippen LogP contribution in [0.3, 0.4) is 0 Å². The first-order valence-corrected chi connectivity index (χ1v) is 10.7. The van der Waals surface area contributed by atoms with Crippen LogP contribution in [-0.2, 0) is 14.8 Å². The second-order valence-corrected chi connectivity index (χ2v) is 8.97. The van der Waals surface area contributed by atoms with Gasteiger partial charge in [-0.3, -0.25) is 9.48 Å². The van der Waals surface area contributed by atoms with Crippen LogP contribution in [0.15, 0.2) is 35.2 Å². The van der Waals surface area contributed by atoms with Gasteiger partial charge in [0.05, 0.1) is 10.6 Å². The van der Waals surface area contributed by atoms with E-state index in [9.17, 15) is 13.2 Å². The third kappa shape index (κ3) is 4.22. The highest BCUT2D eigenvalue weighted by Gasteiger charge is 2.26. The summed E-state index contributed by atoms with van der Waals surface area (Å²) in [6.45, 7) is 6.64. The van der Waals surface area contributed by atoms with Crippen LogP contribution < -0.4 is 5.32 Å². The molecule has 2 heterocycles. The van der Waals surface area contributed by atoms with Gasteiger partial charge in [-0.1, -0.05) is 12.5 Å². The molecule has 0 saturated carbocycles. The number of piperidine rings is 1. The summed E-state index contributed by atoms with van der Waals surface area (Å²) in [4.78, 5) is 12.8. The third-order valence-corrected chi connectivity index (χ3v) is 6.74. The molecule has 1 saturated heterocycles. The minimum Gasteiger partial charge on any atom is -0.324 e. The molecule has 27 heavy (non-hydrogen) atoms. The van der Waals surface area contributed by atoms with Crippen LogP contribution in [0.25, 0.3) is 0 Å². The van der Waals surface area contributed by atoms with Gasteiger partial charge in [-0.15, -0.1) is 0 Å². The molecule has 1 aromatic heterocycles. The summed E-state index contributed by atoms with van der Waals surface area (Å²) in [6.07, 6.45) is 2.83. The molecule has 1 aliphatic heterocycles. The van der Waals surface area contributed by atoms with E-state index in [1.165, 1.54) is 10.4 Å². The summed E-state index contributed by atoms with van der Waals surface area (Å²) < 4.78 is 28.8. The molecule has 0 spiro atoms. The van der Waals surface area contributed by atoms with E-state index in [1.54, 1.807) is 29.8 Å². The van der Waals surface area contributed by atoms with Crippen molar-refractivity contribution in [1.82, 2.24) is 14.1 Å². The molecule has 3 rings (SSSR count). The Morgan fingerprint density at radius 3 is 2.48 bits per heavy atom. The Balaban J connectivity index is 1.77. The normalized spacial score (nSPS) is 16.9. The lowest BCUT2D eigenvalue weighted by molar-refractivity contribution is -0.119. The zero-order valence-corrected chi connectivity index (χ0v) is 16.8. The molecule has 1 amide bonds. The van der Waals surface area contributed by atoms with Gasteiger partial charge in [-0.2, -0.15) is 9.40 Å². The van der Waals surface area contributed by atoms with E-state index >= 15 is 0 Å². The van der Waals surface area contributed by atoms with Gasteiger partial charge in [-0.05, 0) is 57.9 Å². The minimum absolute atomic E-state index is 0.209. The number of carbonyl (C=O) groups excluding carboxylic acids is 1. The summed E-state index contributed by atoms with van der Waals surface area (Å²) in [5, 5.41) is 7.15. The van der Waals surface area contributed by atoms with Crippen molar-refractivity contribution in [2.24, 2.45) is 0 Å². The fourth-order valence-corrected chi connectivity index (χ4v) is 4.95. The standard InChI is InChI=1S/C19H26N4O3S/c1-14-12-15(2)23(21-14)16(3)19(24)20-17-8-7-9-18(13-17)27(25,26)22-10-5-4-6-11-22/h7-9,12-13,16H,4-6,10-11H2,1-3H3,(H,20,24)/t16-/m0/s1. The summed E-state index contributed by atoms with van der Waals surface area (Å²) in [6, 6.07) is 7.86. The predicted molar refractivity (Wildman–Crippen MR) is 104 cm³/mol. The highest BCUT2D eigenvalue weighted by Crippen LogP contribution is 2.23. The molecule has 8 heteroatoms. The molecule has 0 aliphatic carbocycles. The number of benzene rings is 1. The molecule has 0 bridgehead atoms. The molecular formula is C19H26N4O3S. The molecule has 1 atom stereocenters. The van der Waals surface area contributed by atoms with Crippen molar-refractivity contribution in [3.8, 4) is 0 Å². The molecular weight excluding hydrogens is 364 g/mol. The highest BCUT2D eigenvalue weighted by molar-refractivity contribution is 7.89. The Hall–Kier alpha value is -2.19. The van der Waals surface area contributed by atoms with Crippen molar-refractivity contribution >= 4 is 21.6 Å². The van der Waals surface area contributed by atoms with Crippen molar-refractivity contribution in [3.05, 3.63) is 41.7 Å². The molecule has 1 N–H and O–H groups in total. The molecule has 0 unspecified atom stereocenters. The number of sulfonamides is 1. The van der Waals surface area contributed by atoms with Gasteiger partial charge in [0.25, 0.3) is 0 Å². The number of aromatic nitrogens is 2. The fourth-order valence-electron chi connectivity index (χ4n) is 3.38. The van der Waals surface area contributed by atoms with Crippen molar-refractivity contribution in [2.75, 3.05) is 18.4 Å². The number of carbonyl (C=O) groups is 1. The van der Waals surface area contributed by atoms with Gasteiger partial charge in [0.2, 0.25) is 15.9 Å². The topological polar surface area (TPSA) is 84.3 Å². The average Bonchev–Trinajstić information content (AvgIpc) is 3.00. The first kappa shape index (κ1) is 19.6. The predicted octanol–water partition coefficient (Wildman–Crippen LogP) is 2.87.